The summed E-state index contributed by atoms with van der Waals surface area (Å²) in [5, 5.41) is 17.5. The molecule has 0 atom stereocenters. The number of alkyl halides is 3. The van der Waals surface area contributed by atoms with Crippen LogP contribution in [0.5, 0.6) is 0 Å². The van der Waals surface area contributed by atoms with E-state index in [4.69, 9.17) is 5.11 Å². The molecule has 1 N–H and O–H groups in total. The Bertz CT molecular complexity index is 1410. The molecule has 0 unspecified atom stereocenters. The maximum atomic E-state index is 13.7. The van der Waals surface area contributed by atoms with Gasteiger partial charge >= 0.3 is 12.1 Å². The summed E-state index contributed by atoms with van der Waals surface area (Å²) >= 11 is 0. The van der Waals surface area contributed by atoms with Gasteiger partial charge in [-0.3, -0.25) is 4.98 Å². The number of aromatic carboxylic acids is 1. The van der Waals surface area contributed by atoms with Gasteiger partial charge < -0.3 is 10.0 Å². The van der Waals surface area contributed by atoms with Gasteiger partial charge in [0.25, 0.3) is 0 Å². The Labute approximate surface area is 203 Å². The molecule has 186 valence electrons. The minimum atomic E-state index is -4.75. The molecule has 4 aromatic rings. The first kappa shape index (κ1) is 23.6. The first-order chi connectivity index (χ1) is 17.2. The van der Waals surface area contributed by atoms with Crippen molar-refractivity contribution in [3.05, 3.63) is 59.5 Å². The fraction of sp³-hybridized carbons (Fsp3) is 0.333. The van der Waals surface area contributed by atoms with Gasteiger partial charge in [0.1, 0.15) is 11.0 Å². The molecule has 36 heavy (non-hydrogen) atoms. The maximum absolute atomic E-state index is 13.7. The van der Waals surface area contributed by atoms with E-state index in [1.165, 1.54) is 12.3 Å². The molecule has 4 heterocycles. The number of carboxylic acid groups (broad SMARTS) is 1. The Hall–Kier alpha value is -4.09. The SMILES string of the molecule is CCc1cnc(N2CCC(n3nnc4cc(-c5ccc(C(=O)O)cc5C(F)(F)F)ncc43)CC2)nc1. The summed E-state index contributed by atoms with van der Waals surface area (Å²) in [7, 11) is 0. The normalized spacial score (nSPS) is 14.9. The lowest BCUT2D eigenvalue weighted by atomic mass is 10.00. The number of benzene rings is 1. The number of halogens is 3. The summed E-state index contributed by atoms with van der Waals surface area (Å²) in [6, 6.07) is 4.36. The number of fused-ring (bicyclic) bond motifs is 1. The monoisotopic (exact) mass is 497 g/mol. The molecule has 0 amide bonds. The summed E-state index contributed by atoms with van der Waals surface area (Å²) in [6.45, 7) is 3.51. The zero-order valence-corrected chi connectivity index (χ0v) is 19.3. The van der Waals surface area contributed by atoms with Crippen LogP contribution < -0.4 is 4.90 Å². The van der Waals surface area contributed by atoms with Crippen molar-refractivity contribution in [1.82, 2.24) is 29.9 Å². The van der Waals surface area contributed by atoms with E-state index in [0.29, 0.717) is 23.0 Å². The second-order valence-electron chi connectivity index (χ2n) is 8.62. The van der Waals surface area contributed by atoms with Gasteiger partial charge in [-0.05, 0) is 43.0 Å². The second kappa shape index (κ2) is 9.17. The van der Waals surface area contributed by atoms with E-state index < -0.39 is 23.3 Å². The molecule has 0 radical (unpaired) electrons. The van der Waals surface area contributed by atoms with Crippen LogP contribution in [0.15, 0.2) is 42.9 Å². The zero-order chi connectivity index (χ0) is 25.4. The lowest BCUT2D eigenvalue weighted by Gasteiger charge is -2.32. The number of anilines is 1. The summed E-state index contributed by atoms with van der Waals surface area (Å²) in [4.78, 5) is 26.4. The highest BCUT2D eigenvalue weighted by atomic mass is 19.4. The van der Waals surface area contributed by atoms with Gasteiger partial charge in [0.2, 0.25) is 5.95 Å². The quantitative estimate of drug-likeness (QED) is 0.432. The molecular weight excluding hydrogens is 475 g/mol. The molecule has 0 aliphatic carbocycles. The highest BCUT2D eigenvalue weighted by Crippen LogP contribution is 2.38. The number of aryl methyl sites for hydroxylation is 1. The number of hydrogen-bond donors (Lipinski definition) is 1. The van der Waals surface area contributed by atoms with Crippen molar-refractivity contribution in [2.75, 3.05) is 18.0 Å². The summed E-state index contributed by atoms with van der Waals surface area (Å²) in [5.74, 6) is -0.746. The Morgan fingerprint density at radius 2 is 1.81 bits per heavy atom. The topological polar surface area (TPSA) is 110 Å². The number of hydrogen-bond acceptors (Lipinski definition) is 7. The first-order valence-electron chi connectivity index (χ1n) is 11.5. The van der Waals surface area contributed by atoms with Crippen LogP contribution in [0.25, 0.3) is 22.3 Å². The fourth-order valence-corrected chi connectivity index (χ4v) is 4.40. The second-order valence-corrected chi connectivity index (χ2v) is 8.62. The van der Waals surface area contributed by atoms with Crippen LogP contribution >= 0.6 is 0 Å². The van der Waals surface area contributed by atoms with Gasteiger partial charge in [-0.1, -0.05) is 18.2 Å². The standard InChI is InChI=1S/C24H22F3N7O2/c1-2-14-11-29-23(30-12-14)33-7-5-16(6-8-33)34-21-13-28-19(10-20(21)31-32-34)17-4-3-15(22(35)36)9-18(17)24(25,26)27/h3-4,9-13,16H,2,5-8H2,1H3,(H,35,36). The summed E-state index contributed by atoms with van der Waals surface area (Å²) in [6.07, 6.45) is 2.81. The van der Waals surface area contributed by atoms with E-state index in [2.05, 4.69) is 30.2 Å². The number of carboxylic acids is 1. The van der Waals surface area contributed by atoms with Crippen molar-refractivity contribution in [2.24, 2.45) is 0 Å². The minimum Gasteiger partial charge on any atom is -0.478 e. The van der Waals surface area contributed by atoms with Crippen LogP contribution in [-0.2, 0) is 12.6 Å². The molecular formula is C24H22F3N7O2. The Kier molecular flexibility index (Phi) is 6.02. The molecule has 0 bridgehead atoms. The van der Waals surface area contributed by atoms with E-state index in [9.17, 15) is 18.0 Å². The third-order valence-electron chi connectivity index (χ3n) is 6.40. The zero-order valence-electron chi connectivity index (χ0n) is 19.3. The van der Waals surface area contributed by atoms with E-state index in [0.717, 1.165) is 50.0 Å². The predicted molar refractivity (Wildman–Crippen MR) is 125 cm³/mol. The smallest absolute Gasteiger partial charge is 0.417 e. The number of nitrogens with zero attached hydrogens (tertiary/aromatic N) is 7. The van der Waals surface area contributed by atoms with E-state index >= 15 is 0 Å². The molecule has 1 saturated heterocycles. The van der Waals surface area contributed by atoms with Crippen LogP contribution in [-0.4, -0.2) is 54.1 Å². The first-order valence-corrected chi connectivity index (χ1v) is 11.5. The summed E-state index contributed by atoms with van der Waals surface area (Å²) in [5.41, 5.74) is 0.426. The number of carbonyl (C=O) groups is 1. The van der Waals surface area contributed by atoms with Gasteiger partial charge in [0.15, 0.2) is 0 Å². The van der Waals surface area contributed by atoms with Crippen LogP contribution in [0.2, 0.25) is 0 Å². The Morgan fingerprint density at radius 1 is 1.08 bits per heavy atom. The molecule has 12 heteroatoms. The molecule has 3 aromatic heterocycles. The van der Waals surface area contributed by atoms with E-state index in [1.807, 2.05) is 19.3 Å². The Morgan fingerprint density at radius 3 is 2.44 bits per heavy atom. The molecule has 1 aliphatic rings. The van der Waals surface area contributed by atoms with Crippen molar-refractivity contribution in [1.29, 1.82) is 0 Å². The molecule has 0 saturated carbocycles. The van der Waals surface area contributed by atoms with Crippen LogP contribution in [0.4, 0.5) is 19.1 Å². The van der Waals surface area contributed by atoms with Gasteiger partial charge in [0, 0.05) is 31.0 Å². The third-order valence-corrected chi connectivity index (χ3v) is 6.40. The van der Waals surface area contributed by atoms with Gasteiger partial charge in [-0.25, -0.2) is 19.4 Å². The van der Waals surface area contributed by atoms with Gasteiger partial charge in [-0.2, -0.15) is 13.2 Å². The summed E-state index contributed by atoms with van der Waals surface area (Å²) < 4.78 is 42.8. The average Bonchev–Trinajstić information content (AvgIpc) is 3.31. The van der Waals surface area contributed by atoms with Crippen LogP contribution in [0, 0.1) is 0 Å². The molecule has 0 spiro atoms. The molecule has 1 aromatic carbocycles. The van der Waals surface area contributed by atoms with Crippen LogP contribution in [0.3, 0.4) is 0 Å². The number of pyridine rings is 1. The molecule has 9 nitrogen and oxygen atoms in total. The fourth-order valence-electron chi connectivity index (χ4n) is 4.40. The maximum Gasteiger partial charge on any atom is 0.417 e. The van der Waals surface area contributed by atoms with Crippen molar-refractivity contribution in [2.45, 2.75) is 38.4 Å². The number of rotatable bonds is 5. The highest BCUT2D eigenvalue weighted by molar-refractivity contribution is 5.89. The van der Waals surface area contributed by atoms with Gasteiger partial charge in [-0.15, -0.1) is 5.10 Å². The molecule has 1 aliphatic heterocycles. The van der Waals surface area contributed by atoms with Crippen molar-refractivity contribution in [3.8, 4) is 11.3 Å². The molecule has 5 rings (SSSR count). The van der Waals surface area contributed by atoms with Gasteiger partial charge in [0.05, 0.1) is 29.1 Å². The predicted octanol–water partition coefficient (Wildman–Crippen LogP) is 4.40. The highest BCUT2D eigenvalue weighted by Gasteiger charge is 2.35. The Balaban J connectivity index is 1.38. The van der Waals surface area contributed by atoms with E-state index in [1.54, 1.807) is 4.68 Å². The number of aromatic nitrogens is 6. The minimum absolute atomic E-state index is 0.0429. The molecule has 1 fully saturated rings. The average molecular weight is 497 g/mol. The van der Waals surface area contributed by atoms with Crippen molar-refractivity contribution < 1.29 is 23.1 Å². The van der Waals surface area contributed by atoms with Crippen LogP contribution in [0.1, 0.15) is 47.3 Å². The third kappa shape index (κ3) is 4.45. The van der Waals surface area contributed by atoms with E-state index in [-0.39, 0.29) is 17.3 Å². The number of piperidine rings is 1. The largest absolute Gasteiger partial charge is 0.478 e. The lowest BCUT2D eigenvalue weighted by molar-refractivity contribution is -0.137. The van der Waals surface area contributed by atoms with Crippen molar-refractivity contribution >= 4 is 23.0 Å². The van der Waals surface area contributed by atoms with Crippen molar-refractivity contribution in [3.63, 3.8) is 0 Å². The lowest BCUT2D eigenvalue weighted by Crippen LogP contribution is -2.36.